The summed E-state index contributed by atoms with van der Waals surface area (Å²) in [6.07, 6.45) is 1.03. The number of rotatable bonds is 6. The van der Waals surface area contributed by atoms with Crippen LogP contribution >= 0.6 is 0 Å². The van der Waals surface area contributed by atoms with Gasteiger partial charge in [-0.2, -0.15) is 0 Å². The van der Waals surface area contributed by atoms with Crippen LogP contribution in [0.15, 0.2) is 30.3 Å². The lowest BCUT2D eigenvalue weighted by Gasteiger charge is -2.17. The second kappa shape index (κ2) is 7.04. The highest BCUT2D eigenvalue weighted by molar-refractivity contribution is 5.75. The molecule has 1 aromatic rings. The maximum absolute atomic E-state index is 11.6. The van der Waals surface area contributed by atoms with Gasteiger partial charge in [-0.3, -0.25) is 4.79 Å². The van der Waals surface area contributed by atoms with E-state index in [4.69, 9.17) is 10.8 Å². The summed E-state index contributed by atoms with van der Waals surface area (Å²) < 4.78 is 0. The van der Waals surface area contributed by atoms with Crippen molar-refractivity contribution in [3.8, 4) is 0 Å². The van der Waals surface area contributed by atoms with Gasteiger partial charge in [-0.25, -0.2) is 0 Å². The highest BCUT2D eigenvalue weighted by Crippen LogP contribution is 2.15. The van der Waals surface area contributed by atoms with Gasteiger partial charge in [-0.15, -0.1) is 0 Å². The number of nitrogens with two attached hydrogens (primary N) is 1. The van der Waals surface area contributed by atoms with Crippen LogP contribution in [0.2, 0.25) is 0 Å². The van der Waals surface area contributed by atoms with Gasteiger partial charge in [0.15, 0.2) is 0 Å². The molecule has 0 saturated heterocycles. The first kappa shape index (κ1) is 13.7. The molecular weight excluding hydrogens is 216 g/mol. The largest absolute Gasteiger partial charge is 0.395 e. The normalized spacial score (nSPS) is 12.2. The van der Waals surface area contributed by atoms with E-state index in [1.54, 1.807) is 7.05 Å². The average Bonchev–Trinajstić information content (AvgIpc) is 2.36. The molecule has 3 N–H and O–H groups in total. The van der Waals surface area contributed by atoms with E-state index in [1.807, 2.05) is 30.3 Å². The summed E-state index contributed by atoms with van der Waals surface area (Å²) in [5.74, 6) is 0.0189. The number of benzene rings is 1. The first-order chi connectivity index (χ1) is 8.15. The fraction of sp³-hybridized carbons (Fsp3) is 0.462. The van der Waals surface area contributed by atoms with Crippen molar-refractivity contribution in [3.05, 3.63) is 35.9 Å². The van der Waals surface area contributed by atoms with E-state index in [2.05, 4.69) is 0 Å². The fourth-order valence-corrected chi connectivity index (χ4v) is 1.61. The quantitative estimate of drug-likeness (QED) is 0.771. The van der Waals surface area contributed by atoms with Crippen LogP contribution in [0.3, 0.4) is 0 Å². The van der Waals surface area contributed by atoms with Gasteiger partial charge in [0.2, 0.25) is 5.91 Å². The molecule has 94 valence electrons. The van der Waals surface area contributed by atoms with Crippen molar-refractivity contribution in [2.45, 2.75) is 18.9 Å². The summed E-state index contributed by atoms with van der Waals surface area (Å²) in [6.45, 7) is 0.367. The number of hydrogen-bond donors (Lipinski definition) is 2. The first-order valence-electron chi connectivity index (χ1n) is 5.80. The molecule has 0 aliphatic carbocycles. The minimum atomic E-state index is -0.109. The second-order valence-corrected chi connectivity index (χ2v) is 4.09. The molecule has 4 heteroatoms. The highest BCUT2D eigenvalue weighted by Gasteiger charge is 2.11. The third-order valence-electron chi connectivity index (χ3n) is 2.76. The van der Waals surface area contributed by atoms with Crippen molar-refractivity contribution >= 4 is 5.91 Å². The zero-order valence-electron chi connectivity index (χ0n) is 10.2. The molecule has 0 aliphatic rings. The standard InChI is InChI=1S/C13H20N2O2/c1-15(9-10-16)13(17)8-7-12(14)11-5-3-2-4-6-11/h2-6,12,16H,7-10,14H2,1H3. The van der Waals surface area contributed by atoms with E-state index >= 15 is 0 Å². The zero-order valence-corrected chi connectivity index (χ0v) is 10.2. The van der Waals surface area contributed by atoms with Gasteiger partial charge in [0.25, 0.3) is 0 Å². The highest BCUT2D eigenvalue weighted by atomic mass is 16.3. The fourth-order valence-electron chi connectivity index (χ4n) is 1.61. The molecule has 1 aromatic carbocycles. The van der Waals surface area contributed by atoms with Gasteiger partial charge in [-0.1, -0.05) is 30.3 Å². The molecule has 4 nitrogen and oxygen atoms in total. The van der Waals surface area contributed by atoms with Crippen molar-refractivity contribution < 1.29 is 9.90 Å². The Kier molecular flexibility index (Phi) is 5.66. The van der Waals surface area contributed by atoms with Crippen LogP contribution in [0.1, 0.15) is 24.4 Å². The van der Waals surface area contributed by atoms with E-state index < -0.39 is 0 Å². The number of amides is 1. The Morgan fingerprint density at radius 2 is 2.06 bits per heavy atom. The minimum Gasteiger partial charge on any atom is -0.395 e. The van der Waals surface area contributed by atoms with E-state index in [9.17, 15) is 4.79 Å². The number of aliphatic hydroxyl groups excluding tert-OH is 1. The third kappa shape index (κ3) is 4.54. The molecule has 17 heavy (non-hydrogen) atoms. The molecule has 1 amide bonds. The van der Waals surface area contributed by atoms with Crippen molar-refractivity contribution in [3.63, 3.8) is 0 Å². The molecule has 0 radical (unpaired) electrons. The molecule has 1 unspecified atom stereocenters. The van der Waals surface area contributed by atoms with E-state index in [-0.39, 0.29) is 18.6 Å². The van der Waals surface area contributed by atoms with Crippen LogP contribution in [0.4, 0.5) is 0 Å². The topological polar surface area (TPSA) is 66.6 Å². The van der Waals surface area contributed by atoms with Crippen molar-refractivity contribution in [2.75, 3.05) is 20.2 Å². The van der Waals surface area contributed by atoms with E-state index in [0.717, 1.165) is 5.56 Å². The summed E-state index contributed by atoms with van der Waals surface area (Å²) in [7, 11) is 1.69. The molecule has 0 bridgehead atoms. The summed E-state index contributed by atoms with van der Waals surface area (Å²) >= 11 is 0. The number of nitrogens with zero attached hydrogens (tertiary/aromatic N) is 1. The number of aliphatic hydroxyl groups is 1. The molecule has 0 aliphatic heterocycles. The smallest absolute Gasteiger partial charge is 0.222 e. The van der Waals surface area contributed by atoms with Crippen molar-refractivity contribution in [1.29, 1.82) is 0 Å². The number of hydrogen-bond acceptors (Lipinski definition) is 3. The lowest BCUT2D eigenvalue weighted by atomic mass is 10.0. The SMILES string of the molecule is CN(CCO)C(=O)CCC(N)c1ccccc1. The van der Waals surface area contributed by atoms with E-state index in [1.165, 1.54) is 4.90 Å². The first-order valence-corrected chi connectivity index (χ1v) is 5.80. The van der Waals surface area contributed by atoms with E-state index in [0.29, 0.717) is 19.4 Å². The van der Waals surface area contributed by atoms with Crippen LogP contribution in [0.5, 0.6) is 0 Å². The van der Waals surface area contributed by atoms with Crippen LogP contribution in [0, 0.1) is 0 Å². The number of carbonyl (C=O) groups is 1. The second-order valence-electron chi connectivity index (χ2n) is 4.09. The summed E-state index contributed by atoms with van der Waals surface area (Å²) in [5.41, 5.74) is 7.04. The Labute approximate surface area is 102 Å². The van der Waals surface area contributed by atoms with Crippen LogP contribution < -0.4 is 5.73 Å². The Hall–Kier alpha value is -1.39. The molecule has 0 spiro atoms. The van der Waals surface area contributed by atoms with Crippen molar-refractivity contribution in [2.24, 2.45) is 5.73 Å². The summed E-state index contributed by atoms with van der Waals surface area (Å²) in [5, 5.41) is 8.72. The summed E-state index contributed by atoms with van der Waals surface area (Å²) in [6, 6.07) is 9.64. The molecule has 1 rings (SSSR count). The Bertz CT molecular complexity index is 341. The van der Waals surface area contributed by atoms with Crippen LogP contribution in [0.25, 0.3) is 0 Å². The summed E-state index contributed by atoms with van der Waals surface area (Å²) in [4.78, 5) is 13.2. The lowest BCUT2D eigenvalue weighted by Crippen LogP contribution is -2.30. The van der Waals surface area contributed by atoms with Gasteiger partial charge in [0.1, 0.15) is 0 Å². The number of carbonyl (C=O) groups excluding carboxylic acids is 1. The average molecular weight is 236 g/mol. The van der Waals surface area contributed by atoms with Gasteiger partial charge < -0.3 is 15.7 Å². The molecule has 0 saturated carbocycles. The predicted molar refractivity (Wildman–Crippen MR) is 67.3 cm³/mol. The molecule has 1 atom stereocenters. The maximum Gasteiger partial charge on any atom is 0.222 e. The van der Waals surface area contributed by atoms with Gasteiger partial charge in [0.05, 0.1) is 6.61 Å². The zero-order chi connectivity index (χ0) is 12.7. The molecular formula is C13H20N2O2. The van der Waals surface area contributed by atoms with Gasteiger partial charge in [-0.05, 0) is 12.0 Å². The Morgan fingerprint density at radius 1 is 1.41 bits per heavy atom. The molecule has 0 fully saturated rings. The van der Waals surface area contributed by atoms with Crippen LogP contribution in [-0.4, -0.2) is 36.1 Å². The van der Waals surface area contributed by atoms with Gasteiger partial charge >= 0.3 is 0 Å². The Balaban J connectivity index is 2.38. The maximum atomic E-state index is 11.6. The monoisotopic (exact) mass is 236 g/mol. The molecule has 0 heterocycles. The lowest BCUT2D eigenvalue weighted by molar-refractivity contribution is -0.130. The minimum absolute atomic E-state index is 0.00697. The predicted octanol–water partition coefficient (Wildman–Crippen LogP) is 0.917. The molecule has 0 aromatic heterocycles. The van der Waals surface area contributed by atoms with Gasteiger partial charge in [0, 0.05) is 26.1 Å². The van der Waals surface area contributed by atoms with Crippen molar-refractivity contribution in [1.82, 2.24) is 4.90 Å². The Morgan fingerprint density at radius 3 is 2.65 bits per heavy atom. The number of likely N-dealkylation sites (N-methyl/N-ethyl adjacent to an activating group) is 1. The third-order valence-corrected chi connectivity index (χ3v) is 2.76. The van der Waals surface area contributed by atoms with Crippen LogP contribution in [-0.2, 0) is 4.79 Å².